The third-order valence-corrected chi connectivity index (χ3v) is 7.91. The number of hydrogen-bond acceptors (Lipinski definition) is 7. The van der Waals surface area contributed by atoms with E-state index in [-0.39, 0.29) is 25.5 Å². The summed E-state index contributed by atoms with van der Waals surface area (Å²) in [5.74, 6) is -0.249. The number of rotatable bonds is 8. The molecule has 4 atom stereocenters. The Balaban J connectivity index is 1.45. The largest absolute Gasteiger partial charge is 0.493 e. The van der Waals surface area contributed by atoms with Gasteiger partial charge in [-0.15, -0.1) is 0 Å². The molecule has 1 aliphatic heterocycles. The van der Waals surface area contributed by atoms with Crippen LogP contribution in [0.4, 0.5) is 0 Å². The number of hydrogen-bond donors (Lipinski definition) is 3. The normalized spacial score (nSPS) is 20.7. The van der Waals surface area contributed by atoms with Crippen molar-refractivity contribution in [3.8, 4) is 11.5 Å². The second-order valence-electron chi connectivity index (χ2n) is 10.6. The summed E-state index contributed by atoms with van der Waals surface area (Å²) in [6.45, 7) is 1.96. The van der Waals surface area contributed by atoms with Crippen molar-refractivity contribution in [3.05, 3.63) is 107 Å². The van der Waals surface area contributed by atoms with Gasteiger partial charge in [0.1, 0.15) is 18.0 Å². The van der Waals surface area contributed by atoms with Crippen LogP contribution in [0.15, 0.2) is 88.9 Å². The number of aliphatic hydroxyl groups is 2. The maximum Gasteiger partial charge on any atom is 0.290 e. The Kier molecular flexibility index (Phi) is 7.45. The first kappa shape index (κ1) is 27.6. The average Bonchev–Trinajstić information content (AvgIpc) is 3.62. The van der Waals surface area contributed by atoms with Crippen molar-refractivity contribution in [1.29, 1.82) is 0 Å². The number of carbonyl (C=O) groups is 2. The molecule has 9 nitrogen and oxygen atoms in total. The molecule has 2 amide bonds. The summed E-state index contributed by atoms with van der Waals surface area (Å²) in [4.78, 5) is 29.2. The molecular formula is C33H32N2O7. The fraction of sp³-hybridized carbons (Fsp3) is 0.273. The molecule has 0 radical (unpaired) electrons. The Morgan fingerprint density at radius 3 is 2.60 bits per heavy atom. The molecule has 3 N–H and O–H groups in total. The molecule has 9 heteroatoms. The van der Waals surface area contributed by atoms with Crippen molar-refractivity contribution in [1.82, 2.24) is 10.2 Å². The summed E-state index contributed by atoms with van der Waals surface area (Å²) < 4.78 is 17.7. The minimum atomic E-state index is -1.16. The van der Waals surface area contributed by atoms with Crippen LogP contribution in [-0.2, 0) is 11.3 Å². The van der Waals surface area contributed by atoms with Gasteiger partial charge >= 0.3 is 0 Å². The summed E-state index contributed by atoms with van der Waals surface area (Å²) in [6.07, 6.45) is -0.319. The third kappa shape index (κ3) is 4.91. The van der Waals surface area contributed by atoms with Crippen LogP contribution in [0, 0.1) is 6.92 Å². The number of benzene rings is 3. The molecule has 1 aromatic heterocycles. The number of ether oxygens (including phenoxy) is 2. The van der Waals surface area contributed by atoms with Gasteiger partial charge in [0.15, 0.2) is 17.1 Å². The third-order valence-electron chi connectivity index (χ3n) is 7.91. The van der Waals surface area contributed by atoms with E-state index in [1.807, 2.05) is 61.5 Å². The van der Waals surface area contributed by atoms with Crippen LogP contribution in [0.25, 0.3) is 11.0 Å². The maximum absolute atomic E-state index is 14.3. The van der Waals surface area contributed by atoms with Crippen LogP contribution in [0.2, 0.25) is 0 Å². The zero-order chi connectivity index (χ0) is 29.4. The van der Waals surface area contributed by atoms with E-state index in [0.717, 1.165) is 16.7 Å². The van der Waals surface area contributed by atoms with E-state index in [2.05, 4.69) is 5.32 Å². The quantitative estimate of drug-likeness (QED) is 0.296. The van der Waals surface area contributed by atoms with E-state index in [1.165, 1.54) is 12.0 Å². The molecule has 0 bridgehead atoms. The lowest BCUT2D eigenvalue weighted by molar-refractivity contribution is -0.118. The molecule has 4 unspecified atom stereocenters. The number of carbonyl (C=O) groups excluding carboxylic acids is 2. The smallest absolute Gasteiger partial charge is 0.290 e. The van der Waals surface area contributed by atoms with Crippen LogP contribution in [0.3, 0.4) is 0 Å². The molecule has 0 spiro atoms. The number of nitrogens with zero attached hydrogens (tertiary/aromatic N) is 1. The number of aryl methyl sites for hydroxylation is 1. The number of fused-ring (bicyclic) bond motifs is 4. The summed E-state index contributed by atoms with van der Waals surface area (Å²) in [6, 6.07) is 21.2. The second-order valence-corrected chi connectivity index (χ2v) is 10.6. The van der Waals surface area contributed by atoms with Gasteiger partial charge < -0.3 is 34.3 Å². The van der Waals surface area contributed by atoms with E-state index >= 15 is 0 Å². The van der Waals surface area contributed by atoms with Crippen LogP contribution in [0.1, 0.15) is 33.2 Å². The second kappa shape index (κ2) is 11.3. The predicted molar refractivity (Wildman–Crippen MR) is 155 cm³/mol. The van der Waals surface area contributed by atoms with Crippen LogP contribution in [0.5, 0.6) is 11.5 Å². The number of amides is 2. The van der Waals surface area contributed by atoms with Crippen molar-refractivity contribution in [2.24, 2.45) is 0 Å². The Bertz CT molecular complexity index is 1660. The first-order valence-corrected chi connectivity index (χ1v) is 13.9. The molecule has 4 aromatic rings. The first-order valence-electron chi connectivity index (χ1n) is 13.9. The van der Waals surface area contributed by atoms with Crippen molar-refractivity contribution < 1.29 is 33.7 Å². The minimum Gasteiger partial charge on any atom is -0.493 e. The average molecular weight is 569 g/mol. The maximum atomic E-state index is 14.3. The van der Waals surface area contributed by atoms with Gasteiger partial charge in [-0.25, -0.2) is 0 Å². The fourth-order valence-corrected chi connectivity index (χ4v) is 5.84. The molecule has 6 rings (SSSR count). The highest BCUT2D eigenvalue weighted by Crippen LogP contribution is 2.47. The predicted octanol–water partition coefficient (Wildman–Crippen LogP) is 3.72. The molecular weight excluding hydrogens is 536 g/mol. The standard InChI is InChI=1S/C33H32N2O7/c1-19-10-12-20(13-11-19)18-35(33(39)27-16-21-6-5-9-26(40-2)30(21)42-27)24-17-23(32(38)34-14-15-36)28-22-7-3-4-8-25(22)41-31(28)29(24)37/h3-13,16-17,24,28-29,31,36-37H,14-15,18H2,1-2H3,(H,34,38). The topological polar surface area (TPSA) is 121 Å². The summed E-state index contributed by atoms with van der Waals surface area (Å²) in [5, 5.41) is 24.6. The monoisotopic (exact) mass is 568 g/mol. The molecule has 42 heavy (non-hydrogen) atoms. The van der Waals surface area contributed by atoms with Gasteiger partial charge in [-0.3, -0.25) is 9.59 Å². The summed E-state index contributed by atoms with van der Waals surface area (Å²) in [7, 11) is 1.53. The van der Waals surface area contributed by atoms with E-state index in [9.17, 15) is 19.8 Å². The van der Waals surface area contributed by atoms with Gasteiger partial charge in [0.25, 0.3) is 5.91 Å². The van der Waals surface area contributed by atoms with E-state index in [1.54, 1.807) is 24.3 Å². The first-order chi connectivity index (χ1) is 20.4. The lowest BCUT2D eigenvalue weighted by Gasteiger charge is -2.40. The zero-order valence-corrected chi connectivity index (χ0v) is 23.3. The molecule has 216 valence electrons. The van der Waals surface area contributed by atoms with Crippen molar-refractivity contribution in [2.75, 3.05) is 20.3 Å². The van der Waals surface area contributed by atoms with E-state index < -0.39 is 36.0 Å². The van der Waals surface area contributed by atoms with Crippen molar-refractivity contribution in [3.63, 3.8) is 0 Å². The molecule has 0 saturated heterocycles. The number of para-hydroxylation sites is 2. The van der Waals surface area contributed by atoms with E-state index in [4.69, 9.17) is 13.9 Å². The Hall–Kier alpha value is -4.60. The van der Waals surface area contributed by atoms with E-state index in [0.29, 0.717) is 28.0 Å². The fourth-order valence-electron chi connectivity index (χ4n) is 5.84. The van der Waals surface area contributed by atoms with Crippen molar-refractivity contribution in [2.45, 2.75) is 37.6 Å². The molecule has 2 aliphatic rings. The van der Waals surface area contributed by atoms with Crippen LogP contribution >= 0.6 is 0 Å². The van der Waals surface area contributed by atoms with Crippen LogP contribution < -0.4 is 14.8 Å². The molecule has 3 aromatic carbocycles. The summed E-state index contributed by atoms with van der Waals surface area (Å²) >= 11 is 0. The molecule has 0 fully saturated rings. The Morgan fingerprint density at radius 2 is 1.83 bits per heavy atom. The van der Waals surface area contributed by atoms with Crippen LogP contribution in [-0.4, -0.2) is 65.4 Å². The molecule has 0 saturated carbocycles. The SMILES string of the molecule is COc1cccc2cc(C(=O)N(Cc3ccc(C)cc3)C3C=C(C(=O)NCCO)C4c5ccccc5OC4C3O)oc12. The van der Waals surface area contributed by atoms with Crippen molar-refractivity contribution >= 4 is 22.8 Å². The lowest BCUT2D eigenvalue weighted by atomic mass is 9.77. The number of furan rings is 1. The van der Waals surface area contributed by atoms with Gasteiger partial charge in [0.05, 0.1) is 25.7 Å². The molecule has 1 aliphatic carbocycles. The van der Waals surface area contributed by atoms with Gasteiger partial charge in [-0.1, -0.05) is 60.2 Å². The number of aliphatic hydroxyl groups excluding tert-OH is 2. The molecule has 2 heterocycles. The highest BCUT2D eigenvalue weighted by Gasteiger charge is 2.50. The highest BCUT2D eigenvalue weighted by atomic mass is 16.5. The Labute approximate surface area is 243 Å². The van der Waals surface area contributed by atoms with Gasteiger partial charge in [-0.05, 0) is 36.8 Å². The Morgan fingerprint density at radius 1 is 1.05 bits per heavy atom. The highest BCUT2D eigenvalue weighted by molar-refractivity contribution is 5.99. The summed E-state index contributed by atoms with van der Waals surface area (Å²) in [5.41, 5.74) is 3.50. The van der Waals surface area contributed by atoms with Gasteiger partial charge in [0.2, 0.25) is 5.91 Å². The number of nitrogens with one attached hydrogen (secondary N) is 1. The number of methoxy groups -OCH3 is 1. The van der Waals surface area contributed by atoms with Gasteiger partial charge in [0, 0.05) is 29.6 Å². The minimum absolute atomic E-state index is 0.0656. The van der Waals surface area contributed by atoms with Gasteiger partial charge in [-0.2, -0.15) is 0 Å². The lowest BCUT2D eigenvalue weighted by Crippen LogP contribution is -2.55. The zero-order valence-electron chi connectivity index (χ0n) is 23.3.